The van der Waals surface area contributed by atoms with Crippen LogP contribution in [0.5, 0.6) is 0 Å². The molecule has 3 rings (SSSR count). The first kappa shape index (κ1) is 14.2. The Labute approximate surface area is 126 Å². The van der Waals surface area contributed by atoms with Crippen LogP contribution in [0.4, 0.5) is 10.5 Å². The molecule has 1 saturated heterocycles. The molecule has 0 spiro atoms. The van der Waals surface area contributed by atoms with Crippen LogP contribution in [0.3, 0.4) is 0 Å². The zero-order valence-electron chi connectivity index (χ0n) is 11.5. The van der Waals surface area contributed by atoms with Crippen LogP contribution in [0.25, 0.3) is 10.2 Å². The molecule has 2 amide bonds. The van der Waals surface area contributed by atoms with Crippen LogP contribution in [0.2, 0.25) is 0 Å². The minimum absolute atomic E-state index is 0.0244. The van der Waals surface area contributed by atoms with E-state index in [1.165, 1.54) is 0 Å². The van der Waals surface area contributed by atoms with Gasteiger partial charge in [-0.25, -0.2) is 9.78 Å². The summed E-state index contributed by atoms with van der Waals surface area (Å²) in [6.45, 7) is 2.05. The van der Waals surface area contributed by atoms with Crippen molar-refractivity contribution in [3.8, 4) is 0 Å². The number of aliphatic hydroxyl groups is 1. The highest BCUT2D eigenvalue weighted by Gasteiger charge is 2.22. The number of carbonyl (C=O) groups is 1. The lowest BCUT2D eigenvalue weighted by Crippen LogP contribution is -2.39. The molecule has 2 N–H and O–H groups in total. The Bertz CT molecular complexity index is 631. The molecule has 6 nitrogen and oxygen atoms in total. The smallest absolute Gasteiger partial charge is 0.321 e. The first-order chi connectivity index (χ1) is 10.3. The number of carbonyl (C=O) groups excluding carboxylic acids is 1. The molecule has 0 aliphatic carbocycles. The maximum Gasteiger partial charge on any atom is 0.321 e. The molecule has 1 aromatic heterocycles. The van der Waals surface area contributed by atoms with Gasteiger partial charge in [0, 0.05) is 31.3 Å². The lowest BCUT2D eigenvalue weighted by molar-refractivity contribution is 0.0958. The zero-order valence-corrected chi connectivity index (χ0v) is 12.3. The number of aliphatic hydroxyl groups excluding tert-OH is 1. The molecular formula is C14H17N3O3S. The highest BCUT2D eigenvalue weighted by Crippen LogP contribution is 2.22. The maximum absolute atomic E-state index is 12.3. The van der Waals surface area contributed by atoms with E-state index in [0.29, 0.717) is 26.3 Å². The molecule has 1 aliphatic heterocycles. The normalized spacial score (nSPS) is 19.5. The summed E-state index contributed by atoms with van der Waals surface area (Å²) in [5.41, 5.74) is 3.47. The third-order valence-corrected chi connectivity index (χ3v) is 4.26. The van der Waals surface area contributed by atoms with Gasteiger partial charge in [0.2, 0.25) is 0 Å². The van der Waals surface area contributed by atoms with Gasteiger partial charge in [-0.15, -0.1) is 11.3 Å². The number of fused-ring (bicyclic) bond motifs is 1. The second-order valence-corrected chi connectivity index (χ2v) is 5.92. The maximum atomic E-state index is 12.3. The number of aromatic nitrogens is 1. The summed E-state index contributed by atoms with van der Waals surface area (Å²) >= 11 is 1.54. The molecule has 1 aliphatic rings. The van der Waals surface area contributed by atoms with E-state index in [4.69, 9.17) is 4.74 Å². The third-order valence-electron chi connectivity index (χ3n) is 3.47. The number of anilines is 1. The molecule has 1 atom stereocenters. The number of urea groups is 1. The number of benzene rings is 1. The number of amides is 2. The van der Waals surface area contributed by atoms with E-state index in [9.17, 15) is 9.90 Å². The lowest BCUT2D eigenvalue weighted by atomic mass is 10.2. The Hall–Kier alpha value is -1.70. The molecule has 1 fully saturated rings. The van der Waals surface area contributed by atoms with Crippen molar-refractivity contribution in [1.29, 1.82) is 0 Å². The van der Waals surface area contributed by atoms with Gasteiger partial charge >= 0.3 is 6.03 Å². The van der Waals surface area contributed by atoms with Crippen LogP contribution >= 0.6 is 11.3 Å². The zero-order chi connectivity index (χ0) is 14.7. The van der Waals surface area contributed by atoms with Crippen LogP contribution in [0.15, 0.2) is 23.7 Å². The molecule has 0 radical (unpaired) electrons. The van der Waals surface area contributed by atoms with E-state index in [1.807, 2.05) is 18.2 Å². The minimum atomic E-state index is -0.164. The fraction of sp³-hybridized carbons (Fsp3) is 0.429. The number of hydrogen-bond donors (Lipinski definition) is 2. The van der Waals surface area contributed by atoms with Gasteiger partial charge in [-0.2, -0.15) is 0 Å². The van der Waals surface area contributed by atoms with Gasteiger partial charge < -0.3 is 20.1 Å². The van der Waals surface area contributed by atoms with E-state index in [2.05, 4.69) is 10.3 Å². The van der Waals surface area contributed by atoms with Crippen molar-refractivity contribution in [2.24, 2.45) is 5.92 Å². The summed E-state index contributed by atoms with van der Waals surface area (Å²) in [6, 6.07) is 5.49. The van der Waals surface area contributed by atoms with Crippen molar-refractivity contribution < 1.29 is 14.6 Å². The molecule has 2 aromatic rings. The first-order valence-corrected chi connectivity index (χ1v) is 7.72. The van der Waals surface area contributed by atoms with Crippen molar-refractivity contribution in [2.45, 2.75) is 0 Å². The second-order valence-electron chi connectivity index (χ2n) is 5.03. The number of nitrogens with zero attached hydrogens (tertiary/aromatic N) is 2. The van der Waals surface area contributed by atoms with E-state index >= 15 is 0 Å². The van der Waals surface area contributed by atoms with Crippen molar-refractivity contribution >= 4 is 33.3 Å². The van der Waals surface area contributed by atoms with Crippen molar-refractivity contribution in [2.75, 3.05) is 38.2 Å². The van der Waals surface area contributed by atoms with Gasteiger partial charge in [-0.1, -0.05) is 0 Å². The van der Waals surface area contributed by atoms with Gasteiger partial charge in [0.1, 0.15) is 0 Å². The summed E-state index contributed by atoms with van der Waals surface area (Å²) in [6.07, 6.45) is 0. The van der Waals surface area contributed by atoms with Crippen molar-refractivity contribution in [1.82, 2.24) is 9.88 Å². The fourth-order valence-electron chi connectivity index (χ4n) is 2.31. The molecule has 0 unspecified atom stereocenters. The Balaban J connectivity index is 1.69. The molecule has 0 saturated carbocycles. The lowest BCUT2D eigenvalue weighted by Gasteiger charge is -2.23. The van der Waals surface area contributed by atoms with E-state index in [-0.39, 0.29) is 18.6 Å². The molecule has 0 bridgehead atoms. The SMILES string of the molecule is O=C(Nc1ccc2ncsc2c1)N1CCOC[C@H](CO)C1. The van der Waals surface area contributed by atoms with Gasteiger partial charge in [0.05, 0.1) is 28.9 Å². The molecular weight excluding hydrogens is 290 g/mol. The minimum Gasteiger partial charge on any atom is -0.396 e. The number of thiazole rings is 1. The summed E-state index contributed by atoms with van der Waals surface area (Å²) < 4.78 is 6.43. The predicted molar refractivity (Wildman–Crippen MR) is 81.6 cm³/mol. The number of nitrogens with one attached hydrogen (secondary N) is 1. The second kappa shape index (κ2) is 6.38. The van der Waals surface area contributed by atoms with Crippen LogP contribution in [-0.2, 0) is 4.74 Å². The number of rotatable bonds is 2. The van der Waals surface area contributed by atoms with Crippen molar-refractivity contribution in [3.63, 3.8) is 0 Å². The largest absolute Gasteiger partial charge is 0.396 e. The van der Waals surface area contributed by atoms with Gasteiger partial charge in [0.15, 0.2) is 0 Å². The average Bonchev–Trinajstić information content (AvgIpc) is 2.82. The van der Waals surface area contributed by atoms with Crippen molar-refractivity contribution in [3.05, 3.63) is 23.7 Å². The quantitative estimate of drug-likeness (QED) is 0.886. The van der Waals surface area contributed by atoms with Gasteiger partial charge in [-0.05, 0) is 18.2 Å². The highest BCUT2D eigenvalue weighted by molar-refractivity contribution is 7.16. The summed E-state index contributed by atoms with van der Waals surface area (Å²) in [4.78, 5) is 18.2. The van der Waals surface area contributed by atoms with E-state index < -0.39 is 0 Å². The van der Waals surface area contributed by atoms with Crippen LogP contribution in [0, 0.1) is 5.92 Å². The summed E-state index contributed by atoms with van der Waals surface area (Å²) in [7, 11) is 0. The Morgan fingerprint density at radius 3 is 3.33 bits per heavy atom. The average molecular weight is 307 g/mol. The van der Waals surface area contributed by atoms with Gasteiger partial charge in [0.25, 0.3) is 0 Å². The molecule has 7 heteroatoms. The third kappa shape index (κ3) is 3.31. The number of ether oxygens (including phenoxy) is 1. The highest BCUT2D eigenvalue weighted by atomic mass is 32.1. The Morgan fingerprint density at radius 1 is 1.57 bits per heavy atom. The molecule has 1 aromatic carbocycles. The fourth-order valence-corrected chi connectivity index (χ4v) is 3.03. The molecule has 2 heterocycles. The molecule has 21 heavy (non-hydrogen) atoms. The van der Waals surface area contributed by atoms with E-state index in [0.717, 1.165) is 15.9 Å². The number of hydrogen-bond acceptors (Lipinski definition) is 5. The summed E-state index contributed by atoms with van der Waals surface area (Å²) in [5.74, 6) is -0.0257. The van der Waals surface area contributed by atoms with Gasteiger partial charge in [-0.3, -0.25) is 0 Å². The Kier molecular flexibility index (Phi) is 4.33. The van der Waals surface area contributed by atoms with Crippen LogP contribution in [-0.4, -0.2) is 53.9 Å². The molecule has 112 valence electrons. The topological polar surface area (TPSA) is 74.7 Å². The summed E-state index contributed by atoms with van der Waals surface area (Å²) in [5, 5.41) is 12.2. The van der Waals surface area contributed by atoms with E-state index in [1.54, 1.807) is 21.7 Å². The van der Waals surface area contributed by atoms with Crippen LogP contribution in [0.1, 0.15) is 0 Å². The standard InChI is InChI=1S/C14H17N3O3S/c18-7-10-6-17(3-4-20-8-10)14(19)16-11-1-2-12-13(5-11)21-9-15-12/h1-2,5,9-10,18H,3-4,6-8H2,(H,16,19)/t10-/m0/s1. The predicted octanol–water partition coefficient (Wildman–Crippen LogP) is 1.77. The Morgan fingerprint density at radius 2 is 2.48 bits per heavy atom. The van der Waals surface area contributed by atoms with Crippen LogP contribution < -0.4 is 5.32 Å². The monoisotopic (exact) mass is 307 g/mol. The first-order valence-electron chi connectivity index (χ1n) is 6.84.